The maximum absolute atomic E-state index is 12.0. The Morgan fingerprint density at radius 1 is 0.950 bits per heavy atom. The predicted molar refractivity (Wildman–Crippen MR) is 89.2 cm³/mol. The lowest BCUT2D eigenvalue weighted by atomic mass is 10.2. The summed E-state index contributed by atoms with van der Waals surface area (Å²) in [4.78, 5) is 12.0. The van der Waals surface area contributed by atoms with Crippen LogP contribution in [0.25, 0.3) is 0 Å². The predicted octanol–water partition coefficient (Wildman–Crippen LogP) is 5.20. The van der Waals surface area contributed by atoms with E-state index in [1.807, 2.05) is 39.3 Å². The zero-order valence-electron chi connectivity index (χ0n) is 12.6. The fourth-order valence-electron chi connectivity index (χ4n) is 1.42. The third kappa shape index (κ3) is 5.48. The van der Waals surface area contributed by atoms with Crippen molar-refractivity contribution >= 4 is 45.8 Å². The molecule has 0 atom stereocenters. The van der Waals surface area contributed by atoms with Crippen molar-refractivity contribution in [3.05, 3.63) is 27.7 Å². The molecule has 0 bridgehead atoms. The van der Waals surface area contributed by atoms with Gasteiger partial charge in [-0.3, -0.25) is 0 Å². The van der Waals surface area contributed by atoms with Gasteiger partial charge in [-0.1, -0.05) is 23.2 Å². The Balaban J connectivity index is 3.08. The molecule has 0 saturated carbocycles. The van der Waals surface area contributed by atoms with E-state index < -0.39 is 22.6 Å². The minimum atomic E-state index is -1.95. The van der Waals surface area contributed by atoms with E-state index in [2.05, 4.69) is 0 Å². The molecule has 0 unspecified atom stereocenters. The van der Waals surface area contributed by atoms with Crippen LogP contribution < -0.4 is 4.43 Å². The second-order valence-electron chi connectivity index (χ2n) is 6.49. The Labute approximate surface area is 132 Å². The molecule has 0 amide bonds. The highest BCUT2D eigenvalue weighted by molar-refractivity contribution is 6.71. The number of carbonyl (C=O) groups is 1. The quantitative estimate of drug-likeness (QED) is 0.700. The number of halogens is 2. The van der Waals surface area contributed by atoms with Crippen LogP contribution in [-0.4, -0.2) is 22.6 Å². The van der Waals surface area contributed by atoms with Crippen molar-refractivity contribution in [1.29, 1.82) is 0 Å². The van der Waals surface area contributed by atoms with Crippen molar-refractivity contribution in [2.24, 2.45) is 0 Å². The lowest BCUT2D eigenvalue weighted by Crippen LogP contribution is -2.30. The van der Waals surface area contributed by atoms with Gasteiger partial charge in [0.1, 0.15) is 5.75 Å². The first-order valence-electron chi connectivity index (χ1n) is 6.30. The van der Waals surface area contributed by atoms with Crippen LogP contribution in [0.15, 0.2) is 12.1 Å². The van der Waals surface area contributed by atoms with Crippen molar-refractivity contribution < 1.29 is 13.6 Å². The van der Waals surface area contributed by atoms with Crippen molar-refractivity contribution in [2.75, 3.05) is 0 Å². The Morgan fingerprint density at radius 3 is 1.75 bits per heavy atom. The molecule has 0 aliphatic carbocycles. The highest BCUT2D eigenvalue weighted by atomic mass is 35.5. The number of benzene rings is 1. The first-order chi connectivity index (χ1) is 8.89. The summed E-state index contributed by atoms with van der Waals surface area (Å²) < 4.78 is 11.3. The van der Waals surface area contributed by atoms with Crippen LogP contribution in [0.1, 0.15) is 10.4 Å². The lowest BCUT2D eigenvalue weighted by molar-refractivity contribution is 0.0724. The molecule has 1 aromatic carbocycles. The van der Waals surface area contributed by atoms with E-state index in [0.717, 1.165) is 0 Å². The molecule has 20 heavy (non-hydrogen) atoms. The molecule has 0 aliphatic heterocycles. The summed E-state index contributed by atoms with van der Waals surface area (Å²) in [5, 5.41) is 0.671. The molecule has 7 heteroatoms. The van der Waals surface area contributed by atoms with Gasteiger partial charge in [0.05, 0.1) is 15.6 Å². The molecule has 0 N–H and O–H groups in total. The van der Waals surface area contributed by atoms with Crippen molar-refractivity contribution in [3.8, 4) is 5.75 Å². The minimum absolute atomic E-state index is 0.336. The van der Waals surface area contributed by atoms with Crippen molar-refractivity contribution in [1.82, 2.24) is 0 Å². The van der Waals surface area contributed by atoms with Crippen LogP contribution in [-0.2, 0) is 4.43 Å². The molecule has 1 rings (SSSR count). The van der Waals surface area contributed by atoms with Gasteiger partial charge in [0.15, 0.2) is 0 Å². The summed E-state index contributed by atoms with van der Waals surface area (Å²) in [5.41, 5.74) is 0.352. The minimum Gasteiger partial charge on any atom is -0.542 e. The maximum atomic E-state index is 12.0. The second kappa shape index (κ2) is 6.09. The van der Waals surface area contributed by atoms with Gasteiger partial charge in [0, 0.05) is 0 Å². The topological polar surface area (TPSA) is 35.5 Å². The fraction of sp³-hybridized carbons (Fsp3) is 0.462. The molecule has 0 fully saturated rings. The van der Waals surface area contributed by atoms with Crippen molar-refractivity contribution in [2.45, 2.75) is 39.3 Å². The zero-order chi connectivity index (χ0) is 15.7. The molecule has 3 nitrogen and oxygen atoms in total. The summed E-state index contributed by atoms with van der Waals surface area (Å²) in [6, 6.07) is 3.09. The molecule has 0 aromatic heterocycles. The van der Waals surface area contributed by atoms with E-state index in [9.17, 15) is 4.79 Å². The molecule has 1 aromatic rings. The van der Waals surface area contributed by atoms with E-state index >= 15 is 0 Å². The zero-order valence-corrected chi connectivity index (χ0v) is 16.1. The van der Waals surface area contributed by atoms with E-state index in [0.29, 0.717) is 21.4 Å². The van der Waals surface area contributed by atoms with Crippen LogP contribution in [0.5, 0.6) is 5.75 Å². The summed E-state index contributed by atoms with van der Waals surface area (Å²) >= 11 is 12.3. The molecule has 0 spiro atoms. The Morgan fingerprint density at radius 2 is 1.40 bits per heavy atom. The van der Waals surface area contributed by atoms with E-state index in [-0.39, 0.29) is 0 Å². The summed E-state index contributed by atoms with van der Waals surface area (Å²) in [5.74, 6) is 0.0459. The number of hydrogen-bond acceptors (Lipinski definition) is 3. The normalized spacial score (nSPS) is 12.2. The summed E-state index contributed by atoms with van der Waals surface area (Å²) in [7, 11) is -3.77. The van der Waals surface area contributed by atoms with E-state index in [1.165, 1.54) is 0 Å². The molecule has 112 valence electrons. The van der Waals surface area contributed by atoms with E-state index in [4.69, 9.17) is 32.1 Å². The highest BCUT2D eigenvalue weighted by Gasteiger charge is 2.24. The first-order valence-corrected chi connectivity index (χ1v) is 13.9. The van der Waals surface area contributed by atoms with Crippen LogP contribution in [0.4, 0.5) is 0 Å². The first kappa shape index (κ1) is 17.6. The maximum Gasteiger partial charge on any atom is 0.324 e. The molecule has 0 radical (unpaired) electrons. The Kier molecular flexibility index (Phi) is 5.35. The monoisotopic (exact) mass is 350 g/mol. The average Bonchev–Trinajstić information content (AvgIpc) is 2.19. The standard InChI is InChI=1S/C13H20Cl2O3Si2/c1-19(2,3)17-12-10(14)7-9(8-11(12)15)13(16)18-20(4,5)6/h7-8H,1-6H3. The summed E-state index contributed by atoms with van der Waals surface area (Å²) in [6.07, 6.45) is 0. The number of hydrogen-bond donors (Lipinski definition) is 0. The van der Waals surface area contributed by atoms with Crippen LogP contribution in [0.2, 0.25) is 49.3 Å². The van der Waals surface area contributed by atoms with Gasteiger partial charge < -0.3 is 8.85 Å². The Bertz CT molecular complexity index is 496. The SMILES string of the molecule is C[Si](C)(C)OC(=O)c1cc(Cl)c(O[Si](C)(C)C)c(Cl)c1. The molecule has 0 heterocycles. The van der Waals surface area contributed by atoms with Crippen molar-refractivity contribution in [3.63, 3.8) is 0 Å². The molecular formula is C13H20Cl2O3Si2. The fourth-order valence-corrected chi connectivity index (χ4v) is 3.62. The largest absolute Gasteiger partial charge is 0.542 e. The third-order valence-corrected chi connectivity index (χ3v) is 4.22. The van der Waals surface area contributed by atoms with Gasteiger partial charge in [-0.15, -0.1) is 0 Å². The third-order valence-electron chi connectivity index (χ3n) is 2.04. The number of carbonyl (C=O) groups excluding carboxylic acids is 1. The van der Waals surface area contributed by atoms with E-state index in [1.54, 1.807) is 12.1 Å². The average molecular weight is 351 g/mol. The molecular weight excluding hydrogens is 331 g/mol. The van der Waals surface area contributed by atoms with Gasteiger partial charge >= 0.3 is 5.97 Å². The molecule has 0 aliphatic rings. The van der Waals surface area contributed by atoms with Gasteiger partial charge in [-0.2, -0.15) is 0 Å². The van der Waals surface area contributed by atoms with Gasteiger partial charge in [-0.05, 0) is 51.4 Å². The van der Waals surface area contributed by atoms with Gasteiger partial charge in [-0.25, -0.2) is 4.79 Å². The van der Waals surface area contributed by atoms with Gasteiger partial charge in [0.2, 0.25) is 16.6 Å². The second-order valence-corrected chi connectivity index (χ2v) is 16.2. The highest BCUT2D eigenvalue weighted by Crippen LogP contribution is 2.36. The van der Waals surface area contributed by atoms with Gasteiger partial charge in [0.25, 0.3) is 0 Å². The molecule has 0 saturated heterocycles. The number of rotatable bonds is 4. The van der Waals surface area contributed by atoms with Crippen LogP contribution in [0.3, 0.4) is 0 Å². The lowest BCUT2D eigenvalue weighted by Gasteiger charge is -2.22. The van der Waals surface area contributed by atoms with Crippen LogP contribution in [0, 0.1) is 0 Å². The van der Waals surface area contributed by atoms with Crippen LogP contribution >= 0.6 is 23.2 Å². The summed E-state index contributed by atoms with van der Waals surface area (Å²) in [6.45, 7) is 11.9. The Hall–Kier alpha value is -0.496. The smallest absolute Gasteiger partial charge is 0.324 e.